The van der Waals surface area contributed by atoms with E-state index >= 15 is 0 Å². The third-order valence-corrected chi connectivity index (χ3v) is 5.27. The Hall–Kier alpha value is -2.04. The Bertz CT molecular complexity index is 649. The third-order valence-electron chi connectivity index (χ3n) is 5.27. The third kappa shape index (κ3) is 3.65. The van der Waals surface area contributed by atoms with Crippen LogP contribution in [0, 0.1) is 5.92 Å². The van der Waals surface area contributed by atoms with Crippen LogP contribution in [0.3, 0.4) is 0 Å². The summed E-state index contributed by atoms with van der Waals surface area (Å²) >= 11 is 0. The Morgan fingerprint density at radius 1 is 1.28 bits per heavy atom. The molecule has 0 bridgehead atoms. The van der Waals surface area contributed by atoms with Gasteiger partial charge in [0.25, 0.3) is 5.91 Å². The van der Waals surface area contributed by atoms with Gasteiger partial charge in [-0.1, -0.05) is 45.2 Å². The minimum absolute atomic E-state index is 0.0346. The number of nitrogens with zero attached hydrogens (tertiary/aromatic N) is 1. The van der Waals surface area contributed by atoms with Crippen LogP contribution >= 0.6 is 0 Å². The molecular weight excluding hydrogens is 318 g/mol. The van der Waals surface area contributed by atoms with Crippen LogP contribution in [0.25, 0.3) is 0 Å². The zero-order valence-corrected chi connectivity index (χ0v) is 15.0. The molecule has 1 unspecified atom stereocenters. The van der Waals surface area contributed by atoms with E-state index < -0.39 is 12.1 Å². The summed E-state index contributed by atoms with van der Waals surface area (Å²) in [5, 5.41) is 9.04. The average molecular weight is 345 g/mol. The summed E-state index contributed by atoms with van der Waals surface area (Å²) in [5.41, 5.74) is 1.90. The lowest BCUT2D eigenvalue weighted by Crippen LogP contribution is -2.49. The lowest BCUT2D eigenvalue weighted by Gasteiger charge is -2.38. The summed E-state index contributed by atoms with van der Waals surface area (Å²) in [4.78, 5) is 25.5. The molecule has 25 heavy (non-hydrogen) atoms. The van der Waals surface area contributed by atoms with Crippen LogP contribution in [-0.2, 0) is 9.59 Å². The van der Waals surface area contributed by atoms with E-state index in [4.69, 9.17) is 9.84 Å². The molecular formula is C20H27NO4. The molecule has 0 saturated heterocycles. The first kappa shape index (κ1) is 17.8. The van der Waals surface area contributed by atoms with Crippen molar-refractivity contribution in [1.29, 1.82) is 0 Å². The Labute approximate surface area is 149 Å². The fourth-order valence-corrected chi connectivity index (χ4v) is 3.93. The van der Waals surface area contributed by atoms with Crippen LogP contribution in [0.15, 0.2) is 18.2 Å². The molecule has 1 N–H and O–H groups in total. The van der Waals surface area contributed by atoms with Gasteiger partial charge in [-0.25, -0.2) is 0 Å². The van der Waals surface area contributed by atoms with E-state index in [1.54, 1.807) is 4.90 Å². The Kier molecular flexibility index (Phi) is 5.30. The summed E-state index contributed by atoms with van der Waals surface area (Å²) in [6, 6.07) is 5.94. The van der Waals surface area contributed by atoms with Crippen molar-refractivity contribution in [2.45, 2.75) is 64.4 Å². The standard InChI is InChI=1S/C20H27NO4/c1-13(2)18-20(24)21(12-11-17(22)23)16-10-6-9-15(19(16)25-18)14-7-4-3-5-8-14/h6,9-10,13-14,18H,3-5,7-8,11-12H2,1-2H3,(H,22,23). The molecule has 1 fully saturated rings. The molecule has 5 nitrogen and oxygen atoms in total. The minimum Gasteiger partial charge on any atom is -0.481 e. The molecule has 1 atom stereocenters. The predicted octanol–water partition coefficient (Wildman–Crippen LogP) is 3.96. The zero-order chi connectivity index (χ0) is 18.0. The first-order valence-electron chi connectivity index (χ1n) is 9.31. The highest BCUT2D eigenvalue weighted by atomic mass is 16.5. The smallest absolute Gasteiger partial charge is 0.305 e. The maximum atomic E-state index is 12.8. The van der Waals surface area contributed by atoms with Crippen LogP contribution in [0.2, 0.25) is 0 Å². The van der Waals surface area contributed by atoms with Crippen LogP contribution < -0.4 is 9.64 Å². The molecule has 0 aromatic heterocycles. The molecule has 3 rings (SSSR count). The van der Waals surface area contributed by atoms with E-state index in [0.29, 0.717) is 5.92 Å². The second kappa shape index (κ2) is 7.46. The lowest BCUT2D eigenvalue weighted by molar-refractivity contribution is -0.136. The number of rotatable bonds is 5. The van der Waals surface area contributed by atoms with Gasteiger partial charge in [-0.3, -0.25) is 9.59 Å². The molecule has 1 saturated carbocycles. The van der Waals surface area contributed by atoms with Gasteiger partial charge in [-0.15, -0.1) is 0 Å². The van der Waals surface area contributed by atoms with Gasteiger partial charge < -0.3 is 14.7 Å². The van der Waals surface area contributed by atoms with Crippen LogP contribution in [-0.4, -0.2) is 29.6 Å². The number of para-hydroxylation sites is 1. The molecule has 1 aliphatic carbocycles. The first-order chi connectivity index (χ1) is 12.0. The number of hydrogen-bond acceptors (Lipinski definition) is 3. The Morgan fingerprint density at radius 3 is 2.64 bits per heavy atom. The summed E-state index contributed by atoms with van der Waals surface area (Å²) in [6.07, 6.45) is 5.41. The SMILES string of the molecule is CC(C)C1Oc2c(C3CCCCC3)cccc2N(CCC(=O)O)C1=O. The molecule has 1 aliphatic heterocycles. The topological polar surface area (TPSA) is 66.8 Å². The molecule has 5 heteroatoms. The van der Waals surface area contributed by atoms with Crippen molar-refractivity contribution in [2.75, 3.05) is 11.4 Å². The summed E-state index contributed by atoms with van der Waals surface area (Å²) < 4.78 is 6.19. The molecule has 1 amide bonds. The number of hydrogen-bond donors (Lipinski definition) is 1. The average Bonchev–Trinajstić information content (AvgIpc) is 2.60. The van der Waals surface area contributed by atoms with E-state index in [9.17, 15) is 9.59 Å². The molecule has 136 valence electrons. The van der Waals surface area contributed by atoms with Crippen molar-refractivity contribution in [2.24, 2.45) is 5.92 Å². The molecule has 0 radical (unpaired) electrons. The first-order valence-corrected chi connectivity index (χ1v) is 9.31. The number of anilines is 1. The fourth-order valence-electron chi connectivity index (χ4n) is 3.93. The number of carboxylic acids is 1. The van der Waals surface area contributed by atoms with Gasteiger partial charge in [0.1, 0.15) is 5.75 Å². The van der Waals surface area contributed by atoms with Crippen molar-refractivity contribution in [3.8, 4) is 5.75 Å². The molecule has 1 heterocycles. The van der Waals surface area contributed by atoms with Gasteiger partial charge in [0.2, 0.25) is 0 Å². The Balaban J connectivity index is 1.99. The second-order valence-electron chi connectivity index (χ2n) is 7.45. The second-order valence-corrected chi connectivity index (χ2v) is 7.45. The van der Waals surface area contributed by atoms with Crippen molar-refractivity contribution in [1.82, 2.24) is 0 Å². The number of carboxylic acid groups (broad SMARTS) is 1. The van der Waals surface area contributed by atoms with E-state index in [-0.39, 0.29) is 24.8 Å². The fraction of sp³-hybridized carbons (Fsp3) is 0.600. The van der Waals surface area contributed by atoms with Crippen LogP contribution in [0.5, 0.6) is 5.75 Å². The van der Waals surface area contributed by atoms with E-state index in [0.717, 1.165) is 24.3 Å². The maximum absolute atomic E-state index is 12.8. The van der Waals surface area contributed by atoms with Gasteiger partial charge in [0.05, 0.1) is 12.1 Å². The van der Waals surface area contributed by atoms with Crippen molar-refractivity contribution in [3.63, 3.8) is 0 Å². The van der Waals surface area contributed by atoms with Gasteiger partial charge in [0.15, 0.2) is 6.10 Å². The van der Waals surface area contributed by atoms with Crippen molar-refractivity contribution >= 4 is 17.6 Å². The molecule has 1 aromatic carbocycles. The largest absolute Gasteiger partial charge is 0.481 e. The van der Waals surface area contributed by atoms with Crippen molar-refractivity contribution in [3.05, 3.63) is 23.8 Å². The van der Waals surface area contributed by atoms with Gasteiger partial charge >= 0.3 is 5.97 Å². The van der Waals surface area contributed by atoms with Gasteiger partial charge in [-0.2, -0.15) is 0 Å². The predicted molar refractivity (Wildman–Crippen MR) is 96.1 cm³/mol. The van der Waals surface area contributed by atoms with Gasteiger partial charge in [-0.05, 0) is 36.3 Å². The summed E-state index contributed by atoms with van der Waals surface area (Å²) in [5.74, 6) is 0.256. The number of amides is 1. The molecule has 2 aliphatic rings. The highest BCUT2D eigenvalue weighted by Crippen LogP contribution is 2.45. The molecule has 0 spiro atoms. The number of aliphatic carboxylic acids is 1. The normalized spacial score (nSPS) is 21.2. The highest BCUT2D eigenvalue weighted by Gasteiger charge is 2.38. The lowest BCUT2D eigenvalue weighted by atomic mass is 9.83. The van der Waals surface area contributed by atoms with Crippen LogP contribution in [0.4, 0.5) is 5.69 Å². The van der Waals surface area contributed by atoms with E-state index in [2.05, 4.69) is 6.07 Å². The van der Waals surface area contributed by atoms with Gasteiger partial charge in [0, 0.05) is 6.54 Å². The molecule has 1 aromatic rings. The van der Waals surface area contributed by atoms with E-state index in [1.807, 2.05) is 26.0 Å². The number of carbonyl (C=O) groups is 2. The maximum Gasteiger partial charge on any atom is 0.305 e. The zero-order valence-electron chi connectivity index (χ0n) is 15.0. The number of fused-ring (bicyclic) bond motifs is 1. The monoisotopic (exact) mass is 345 g/mol. The summed E-state index contributed by atoms with van der Waals surface area (Å²) in [7, 11) is 0. The minimum atomic E-state index is -0.898. The summed E-state index contributed by atoms with van der Waals surface area (Å²) in [6.45, 7) is 4.11. The Morgan fingerprint density at radius 2 is 2.00 bits per heavy atom. The van der Waals surface area contributed by atoms with Crippen molar-refractivity contribution < 1.29 is 19.4 Å². The number of carbonyl (C=O) groups excluding carboxylic acids is 1. The van der Waals surface area contributed by atoms with Crippen LogP contribution in [0.1, 0.15) is 63.9 Å². The quantitative estimate of drug-likeness (QED) is 0.877. The highest BCUT2D eigenvalue weighted by molar-refractivity contribution is 6.00. The van der Waals surface area contributed by atoms with E-state index in [1.165, 1.54) is 24.8 Å². The number of benzene rings is 1. The number of ether oxygens (including phenoxy) is 1.